The van der Waals surface area contributed by atoms with Gasteiger partial charge in [0.15, 0.2) is 0 Å². The Kier molecular flexibility index (Phi) is 4.16. The average molecular weight is 304 g/mol. The molecule has 1 aromatic carbocycles. The zero-order valence-electron chi connectivity index (χ0n) is 12.9. The van der Waals surface area contributed by atoms with Crippen LogP contribution in [0.15, 0.2) is 24.3 Å². The summed E-state index contributed by atoms with van der Waals surface area (Å²) in [5.41, 5.74) is 2.54. The van der Waals surface area contributed by atoms with Gasteiger partial charge in [0.05, 0.1) is 11.4 Å². The van der Waals surface area contributed by atoms with Crippen molar-refractivity contribution in [3.05, 3.63) is 24.3 Å². The molecule has 2 fully saturated rings. The summed E-state index contributed by atoms with van der Waals surface area (Å²) in [6.07, 6.45) is 2.84. The lowest BCUT2D eigenvalue weighted by atomic mass is 9.87. The quantitative estimate of drug-likeness (QED) is 0.923. The van der Waals surface area contributed by atoms with E-state index >= 15 is 0 Å². The summed E-state index contributed by atoms with van der Waals surface area (Å²) in [5.74, 6) is 2.63. The van der Waals surface area contributed by atoms with Crippen molar-refractivity contribution in [3.8, 4) is 0 Å². The number of nitrogens with one attached hydrogen (secondary N) is 1. The fraction of sp³-hybridized carbons (Fsp3) is 0.588. The average Bonchev–Trinajstić information content (AvgIpc) is 2.84. The maximum atomic E-state index is 12.0. The first kappa shape index (κ1) is 14.8. The highest BCUT2D eigenvalue weighted by Gasteiger charge is 2.30. The van der Waals surface area contributed by atoms with E-state index in [0.29, 0.717) is 17.9 Å². The zero-order valence-corrected chi connectivity index (χ0v) is 13.7. The van der Waals surface area contributed by atoms with Crippen LogP contribution in [0.5, 0.6) is 0 Å². The highest BCUT2D eigenvalue weighted by atomic mass is 32.2. The Morgan fingerprint density at radius 1 is 1.33 bits per heavy atom. The third kappa shape index (κ3) is 3.37. The van der Waals surface area contributed by atoms with Gasteiger partial charge < -0.3 is 10.2 Å². The molecule has 0 aromatic heterocycles. The van der Waals surface area contributed by atoms with E-state index < -0.39 is 0 Å². The van der Waals surface area contributed by atoms with Gasteiger partial charge in [0.2, 0.25) is 5.91 Å². The number of nitrogens with zero attached hydrogens (tertiary/aromatic N) is 1. The van der Waals surface area contributed by atoms with Gasteiger partial charge in [-0.2, -0.15) is 11.8 Å². The second-order valence-corrected chi connectivity index (χ2v) is 7.92. The van der Waals surface area contributed by atoms with Crippen LogP contribution in [-0.4, -0.2) is 30.0 Å². The van der Waals surface area contributed by atoms with Crippen LogP contribution in [0.2, 0.25) is 0 Å². The van der Waals surface area contributed by atoms with Crippen LogP contribution in [0.1, 0.15) is 33.1 Å². The molecule has 1 atom stereocenters. The lowest BCUT2D eigenvalue weighted by molar-refractivity contribution is -0.117. The Morgan fingerprint density at radius 2 is 2.14 bits per heavy atom. The molecule has 3 nitrogen and oxygen atoms in total. The molecule has 114 valence electrons. The van der Waals surface area contributed by atoms with E-state index in [-0.39, 0.29) is 5.91 Å². The molecule has 2 saturated heterocycles. The Hall–Kier alpha value is -1.16. The van der Waals surface area contributed by atoms with Gasteiger partial charge in [-0.1, -0.05) is 26.0 Å². The van der Waals surface area contributed by atoms with Crippen LogP contribution >= 0.6 is 11.8 Å². The van der Waals surface area contributed by atoms with Crippen molar-refractivity contribution in [3.63, 3.8) is 0 Å². The summed E-state index contributed by atoms with van der Waals surface area (Å²) in [6, 6.07) is 8.72. The second kappa shape index (κ2) is 5.91. The lowest BCUT2D eigenvalue weighted by Gasteiger charge is -2.36. The molecular weight excluding hydrogens is 280 g/mol. The van der Waals surface area contributed by atoms with Crippen molar-refractivity contribution in [1.29, 1.82) is 0 Å². The van der Waals surface area contributed by atoms with Crippen LogP contribution in [0.25, 0.3) is 0 Å². The van der Waals surface area contributed by atoms with Crippen molar-refractivity contribution in [2.45, 2.75) is 39.2 Å². The summed E-state index contributed by atoms with van der Waals surface area (Å²) >= 11 is 2.02. The van der Waals surface area contributed by atoms with Gasteiger partial charge in [-0.05, 0) is 36.1 Å². The summed E-state index contributed by atoms with van der Waals surface area (Å²) in [7, 11) is 0. The number of carbonyl (C=O) groups is 1. The van der Waals surface area contributed by atoms with Crippen molar-refractivity contribution in [2.24, 2.45) is 5.41 Å². The van der Waals surface area contributed by atoms with Gasteiger partial charge in [0.25, 0.3) is 0 Å². The summed E-state index contributed by atoms with van der Waals surface area (Å²) < 4.78 is 0. The summed E-state index contributed by atoms with van der Waals surface area (Å²) in [6.45, 7) is 5.52. The first-order valence-corrected chi connectivity index (χ1v) is 8.94. The van der Waals surface area contributed by atoms with E-state index in [1.54, 1.807) is 0 Å². The molecule has 3 rings (SSSR count). The Morgan fingerprint density at radius 3 is 2.86 bits per heavy atom. The molecule has 1 unspecified atom stereocenters. The van der Waals surface area contributed by atoms with Gasteiger partial charge in [-0.25, -0.2) is 0 Å². The van der Waals surface area contributed by atoms with E-state index in [1.165, 1.54) is 12.2 Å². The predicted octanol–water partition coefficient (Wildman–Crippen LogP) is 3.76. The van der Waals surface area contributed by atoms with Gasteiger partial charge >= 0.3 is 0 Å². The largest absolute Gasteiger partial charge is 0.380 e. The number of benzene rings is 1. The minimum atomic E-state index is 0.252. The van der Waals surface area contributed by atoms with Crippen molar-refractivity contribution < 1.29 is 4.79 Å². The molecule has 2 heterocycles. The number of rotatable bonds is 3. The van der Waals surface area contributed by atoms with Gasteiger partial charge in [0, 0.05) is 24.8 Å². The number of hydrogen-bond acceptors (Lipinski definition) is 3. The van der Waals surface area contributed by atoms with Crippen molar-refractivity contribution in [1.82, 2.24) is 0 Å². The molecule has 0 saturated carbocycles. The van der Waals surface area contributed by atoms with Gasteiger partial charge in [-0.3, -0.25) is 4.79 Å². The Labute approximate surface area is 131 Å². The zero-order chi connectivity index (χ0) is 14.9. The third-order valence-electron chi connectivity index (χ3n) is 4.24. The maximum Gasteiger partial charge on any atom is 0.227 e. The lowest BCUT2D eigenvalue weighted by Crippen LogP contribution is -2.36. The molecule has 0 bridgehead atoms. The molecule has 2 aliphatic rings. The minimum absolute atomic E-state index is 0.252. The standard InChI is InChI=1S/C17H24N2OS/c1-17(2)10-13(11-21-12-17)18-14-6-3-4-7-15(14)19-9-5-8-16(19)20/h3-4,6-7,13,18H,5,8-12H2,1-2H3. The molecule has 0 aliphatic carbocycles. The van der Waals surface area contributed by atoms with Crippen LogP contribution in [0, 0.1) is 5.41 Å². The minimum Gasteiger partial charge on any atom is -0.380 e. The highest BCUT2D eigenvalue weighted by molar-refractivity contribution is 7.99. The van der Waals surface area contributed by atoms with Gasteiger partial charge in [-0.15, -0.1) is 0 Å². The van der Waals surface area contributed by atoms with E-state index in [1.807, 2.05) is 28.8 Å². The van der Waals surface area contributed by atoms with E-state index in [9.17, 15) is 4.79 Å². The monoisotopic (exact) mass is 304 g/mol. The number of hydrogen-bond donors (Lipinski definition) is 1. The Bertz CT molecular complexity index is 529. The fourth-order valence-electron chi connectivity index (χ4n) is 3.31. The number of anilines is 2. The molecule has 0 radical (unpaired) electrons. The summed E-state index contributed by atoms with van der Waals surface area (Å²) in [5, 5.41) is 3.69. The van der Waals surface area contributed by atoms with Crippen LogP contribution < -0.4 is 10.2 Å². The Balaban J connectivity index is 1.78. The maximum absolute atomic E-state index is 12.0. The van der Waals surface area contributed by atoms with E-state index in [4.69, 9.17) is 0 Å². The normalized spacial score (nSPS) is 25.1. The SMILES string of the molecule is CC1(C)CSCC(Nc2ccccc2N2CCCC2=O)C1. The van der Waals surface area contributed by atoms with Crippen LogP contribution in [0.3, 0.4) is 0 Å². The third-order valence-corrected chi connectivity index (χ3v) is 5.86. The topological polar surface area (TPSA) is 32.3 Å². The molecule has 0 spiro atoms. The van der Waals surface area contributed by atoms with Crippen LogP contribution in [0.4, 0.5) is 11.4 Å². The highest BCUT2D eigenvalue weighted by Crippen LogP contribution is 2.36. The van der Waals surface area contributed by atoms with Crippen molar-refractivity contribution in [2.75, 3.05) is 28.3 Å². The predicted molar refractivity (Wildman–Crippen MR) is 91.2 cm³/mol. The molecule has 4 heteroatoms. The molecule has 1 aromatic rings. The van der Waals surface area contributed by atoms with E-state index in [2.05, 4.69) is 31.3 Å². The molecule has 2 aliphatic heterocycles. The first-order valence-electron chi connectivity index (χ1n) is 7.79. The second-order valence-electron chi connectivity index (χ2n) is 6.89. The number of amides is 1. The number of para-hydroxylation sites is 2. The fourth-order valence-corrected chi connectivity index (χ4v) is 4.58. The molecular formula is C17H24N2OS. The first-order chi connectivity index (χ1) is 10.1. The van der Waals surface area contributed by atoms with Crippen LogP contribution in [-0.2, 0) is 4.79 Å². The number of thioether (sulfide) groups is 1. The summed E-state index contributed by atoms with van der Waals surface area (Å²) in [4.78, 5) is 14.0. The molecule has 1 N–H and O–H groups in total. The molecule has 21 heavy (non-hydrogen) atoms. The van der Waals surface area contributed by atoms with E-state index in [0.717, 1.165) is 30.1 Å². The number of carbonyl (C=O) groups excluding carboxylic acids is 1. The smallest absolute Gasteiger partial charge is 0.227 e. The van der Waals surface area contributed by atoms with Crippen molar-refractivity contribution >= 4 is 29.0 Å². The molecule has 1 amide bonds. The van der Waals surface area contributed by atoms with Gasteiger partial charge in [0.1, 0.15) is 0 Å².